The molecule has 5 heteroatoms. The van der Waals surface area contributed by atoms with Crippen LogP contribution in [0, 0.1) is 0 Å². The van der Waals surface area contributed by atoms with Gasteiger partial charge in [0.05, 0.1) is 10.2 Å². The lowest BCUT2D eigenvalue weighted by atomic mass is 9.95. The molecule has 0 aliphatic rings. The second-order valence-electron chi connectivity index (χ2n) is 13.1. The highest BCUT2D eigenvalue weighted by Gasteiger charge is 2.15. The van der Waals surface area contributed by atoms with Crippen molar-refractivity contribution in [3.05, 3.63) is 182 Å². The molecule has 0 bridgehead atoms. The predicted molar refractivity (Wildman–Crippen MR) is 221 cm³/mol. The van der Waals surface area contributed by atoms with Crippen LogP contribution in [0.25, 0.3) is 98.7 Å². The molecule has 0 aliphatic heterocycles. The molecule has 0 atom stereocenters. The van der Waals surface area contributed by atoms with Crippen LogP contribution in [0.3, 0.4) is 0 Å². The van der Waals surface area contributed by atoms with Crippen molar-refractivity contribution in [2.45, 2.75) is 0 Å². The number of nitrogens with zero attached hydrogens (tertiary/aromatic N) is 4. The minimum absolute atomic E-state index is 0.641. The average molecular weight is 695 g/mol. The van der Waals surface area contributed by atoms with E-state index >= 15 is 0 Å². The van der Waals surface area contributed by atoms with Crippen molar-refractivity contribution in [2.24, 2.45) is 0 Å². The van der Waals surface area contributed by atoms with Crippen molar-refractivity contribution >= 4 is 43.1 Å². The van der Waals surface area contributed by atoms with E-state index in [1.165, 1.54) is 31.8 Å². The summed E-state index contributed by atoms with van der Waals surface area (Å²) in [4.78, 5) is 19.9. The summed E-state index contributed by atoms with van der Waals surface area (Å²) in [6, 6.07) is 63.5. The normalized spacial score (nSPS) is 11.4. The van der Waals surface area contributed by atoms with Gasteiger partial charge in [-0.15, -0.1) is 11.3 Å². The van der Waals surface area contributed by atoms with Gasteiger partial charge in [0.2, 0.25) is 0 Å². The number of hydrogen-bond acceptors (Lipinski definition) is 5. The van der Waals surface area contributed by atoms with Gasteiger partial charge < -0.3 is 0 Å². The number of fused-ring (bicyclic) bond motifs is 5. The Morgan fingerprint density at radius 3 is 1.42 bits per heavy atom. The monoisotopic (exact) mass is 694 g/mol. The molecule has 10 aromatic rings. The zero-order valence-electron chi connectivity index (χ0n) is 28.5. The molecule has 248 valence electrons. The standard InChI is InChI=1S/C48H30N4S/c1-4-12-32(13-5-1)45-50-46(33-14-6-2-7-15-33)52-47(51-45)40-21-11-20-37(30-40)35-18-10-19-36(28-35)38-24-26-41-39(29-38)23-22-31-25-27-42-44(43(31)41)49-48(53-42)34-16-8-3-9-17-34/h1-30H. The van der Waals surface area contributed by atoms with Gasteiger partial charge in [-0.2, -0.15) is 0 Å². The summed E-state index contributed by atoms with van der Waals surface area (Å²) < 4.78 is 1.20. The number of thiazole rings is 1. The first kappa shape index (κ1) is 31.0. The summed E-state index contributed by atoms with van der Waals surface area (Å²) in [5.74, 6) is 1.94. The molecule has 0 aliphatic carbocycles. The Kier molecular flexibility index (Phi) is 7.63. The predicted octanol–water partition coefficient (Wildman–Crippen LogP) is 12.8. The third-order valence-electron chi connectivity index (χ3n) is 9.73. The van der Waals surface area contributed by atoms with Gasteiger partial charge in [0.15, 0.2) is 17.5 Å². The van der Waals surface area contributed by atoms with E-state index in [1.54, 1.807) is 11.3 Å². The van der Waals surface area contributed by atoms with E-state index in [4.69, 9.17) is 19.9 Å². The Hall–Kier alpha value is -6.82. The Morgan fingerprint density at radius 2 is 0.792 bits per heavy atom. The Labute approximate surface area is 310 Å². The van der Waals surface area contributed by atoms with Crippen LogP contribution in [0.15, 0.2) is 182 Å². The second kappa shape index (κ2) is 13.1. The molecule has 10 rings (SSSR count). The average Bonchev–Trinajstić information content (AvgIpc) is 3.69. The first-order chi connectivity index (χ1) is 26.2. The van der Waals surface area contributed by atoms with Gasteiger partial charge in [-0.05, 0) is 62.7 Å². The van der Waals surface area contributed by atoms with Gasteiger partial charge in [-0.3, -0.25) is 0 Å². The van der Waals surface area contributed by atoms with Gasteiger partial charge in [0, 0.05) is 27.6 Å². The Morgan fingerprint density at radius 1 is 0.321 bits per heavy atom. The first-order valence-corrected chi connectivity index (χ1v) is 18.4. The van der Waals surface area contributed by atoms with Crippen molar-refractivity contribution in [1.82, 2.24) is 19.9 Å². The van der Waals surface area contributed by atoms with E-state index in [0.29, 0.717) is 17.5 Å². The zero-order chi connectivity index (χ0) is 35.1. The molecule has 0 fully saturated rings. The lowest BCUT2D eigenvalue weighted by Gasteiger charge is -2.11. The molecule has 0 saturated heterocycles. The number of rotatable bonds is 6. The Balaban J connectivity index is 1.03. The third-order valence-corrected chi connectivity index (χ3v) is 10.8. The lowest BCUT2D eigenvalue weighted by Crippen LogP contribution is -2.00. The van der Waals surface area contributed by atoms with Gasteiger partial charge in [-0.25, -0.2) is 19.9 Å². The molecule has 2 heterocycles. The lowest BCUT2D eigenvalue weighted by molar-refractivity contribution is 1.07. The topological polar surface area (TPSA) is 51.6 Å². The first-order valence-electron chi connectivity index (χ1n) is 17.6. The van der Waals surface area contributed by atoms with Crippen LogP contribution < -0.4 is 0 Å². The summed E-state index contributed by atoms with van der Waals surface area (Å²) >= 11 is 1.75. The molecule has 0 saturated carbocycles. The van der Waals surface area contributed by atoms with Crippen molar-refractivity contribution in [2.75, 3.05) is 0 Å². The molecule has 0 unspecified atom stereocenters. The summed E-state index contributed by atoms with van der Waals surface area (Å²) in [6.45, 7) is 0. The SMILES string of the molecule is c1ccc(-c2nc(-c3ccccc3)nc(-c3cccc(-c4cccc(-c5ccc6c(ccc7ccc8sc(-c9ccccc9)nc8c76)c5)c4)c3)n2)cc1. The van der Waals surface area contributed by atoms with E-state index < -0.39 is 0 Å². The summed E-state index contributed by atoms with van der Waals surface area (Å²) in [6.07, 6.45) is 0. The molecular weight excluding hydrogens is 665 g/mol. The largest absolute Gasteiger partial charge is 0.235 e. The fourth-order valence-corrected chi connectivity index (χ4v) is 8.06. The van der Waals surface area contributed by atoms with Crippen LogP contribution in [0.5, 0.6) is 0 Å². The maximum absolute atomic E-state index is 5.16. The van der Waals surface area contributed by atoms with E-state index in [0.717, 1.165) is 49.5 Å². The maximum atomic E-state index is 5.16. The third kappa shape index (κ3) is 5.83. The molecule has 53 heavy (non-hydrogen) atoms. The minimum atomic E-state index is 0.641. The fourth-order valence-electron chi connectivity index (χ4n) is 7.08. The summed E-state index contributed by atoms with van der Waals surface area (Å²) in [5, 5.41) is 5.87. The molecule has 8 aromatic carbocycles. The molecule has 0 N–H and O–H groups in total. The minimum Gasteiger partial charge on any atom is -0.235 e. The molecule has 4 nitrogen and oxygen atoms in total. The van der Waals surface area contributed by atoms with Crippen molar-refractivity contribution in [3.8, 4) is 67.0 Å². The van der Waals surface area contributed by atoms with Crippen molar-refractivity contribution < 1.29 is 0 Å². The van der Waals surface area contributed by atoms with Crippen molar-refractivity contribution in [3.63, 3.8) is 0 Å². The van der Waals surface area contributed by atoms with Crippen LogP contribution in [0.4, 0.5) is 0 Å². The Bertz CT molecular complexity index is 2880. The van der Waals surface area contributed by atoms with Crippen LogP contribution in [0.2, 0.25) is 0 Å². The smallest absolute Gasteiger partial charge is 0.164 e. The molecular formula is C48H30N4S. The van der Waals surface area contributed by atoms with E-state index in [1.807, 2.05) is 66.7 Å². The van der Waals surface area contributed by atoms with Crippen LogP contribution in [-0.4, -0.2) is 19.9 Å². The van der Waals surface area contributed by atoms with E-state index in [9.17, 15) is 0 Å². The highest BCUT2D eigenvalue weighted by atomic mass is 32.1. The van der Waals surface area contributed by atoms with Crippen LogP contribution >= 0.6 is 11.3 Å². The number of aromatic nitrogens is 4. The molecule has 0 amide bonds. The van der Waals surface area contributed by atoms with Gasteiger partial charge in [0.25, 0.3) is 0 Å². The zero-order valence-corrected chi connectivity index (χ0v) is 29.3. The van der Waals surface area contributed by atoms with E-state index in [2.05, 4.69) is 115 Å². The van der Waals surface area contributed by atoms with Crippen LogP contribution in [-0.2, 0) is 0 Å². The highest BCUT2D eigenvalue weighted by molar-refractivity contribution is 7.21. The fraction of sp³-hybridized carbons (Fsp3) is 0. The quantitative estimate of drug-likeness (QED) is 0.163. The van der Waals surface area contributed by atoms with Gasteiger partial charge in [-0.1, -0.05) is 158 Å². The van der Waals surface area contributed by atoms with Gasteiger partial charge >= 0.3 is 0 Å². The maximum Gasteiger partial charge on any atom is 0.164 e. The molecule has 2 aromatic heterocycles. The summed E-state index contributed by atoms with van der Waals surface area (Å²) in [7, 11) is 0. The molecule has 0 radical (unpaired) electrons. The molecule has 0 spiro atoms. The van der Waals surface area contributed by atoms with Crippen LogP contribution in [0.1, 0.15) is 0 Å². The van der Waals surface area contributed by atoms with Crippen molar-refractivity contribution in [1.29, 1.82) is 0 Å². The number of hydrogen-bond donors (Lipinski definition) is 0. The highest BCUT2D eigenvalue weighted by Crippen LogP contribution is 2.39. The van der Waals surface area contributed by atoms with Gasteiger partial charge in [0.1, 0.15) is 5.01 Å². The summed E-state index contributed by atoms with van der Waals surface area (Å²) in [5.41, 5.74) is 9.61. The number of benzene rings is 8. The second-order valence-corrected chi connectivity index (χ2v) is 14.1. The van der Waals surface area contributed by atoms with E-state index in [-0.39, 0.29) is 0 Å².